The third-order valence-corrected chi connectivity index (χ3v) is 1.02. The van der Waals surface area contributed by atoms with Crippen LogP contribution in [0.1, 0.15) is 6.85 Å². The van der Waals surface area contributed by atoms with Crippen molar-refractivity contribution < 1.29 is 6.85 Å². The zero-order valence-corrected chi connectivity index (χ0v) is 4.45. The second-order valence-electron chi connectivity index (χ2n) is 1.57. The third kappa shape index (κ3) is 0.598. The van der Waals surface area contributed by atoms with Crippen molar-refractivity contribution in [1.82, 2.24) is 9.97 Å². The van der Waals surface area contributed by atoms with E-state index >= 15 is 0 Å². The van der Waals surface area contributed by atoms with Crippen molar-refractivity contribution in [3.63, 3.8) is 0 Å². The first-order chi connectivity index (χ1) is 6.52. The van der Waals surface area contributed by atoms with Crippen LogP contribution in [0.15, 0.2) is 30.5 Å². The number of rotatable bonds is 0. The molecule has 0 atom stereocenters. The molecule has 0 bridgehead atoms. The van der Waals surface area contributed by atoms with E-state index in [1.165, 1.54) is 0 Å². The molecule has 0 fully saturated rings. The van der Waals surface area contributed by atoms with Gasteiger partial charge in [0.1, 0.15) is 5.65 Å². The van der Waals surface area contributed by atoms with E-state index in [0.717, 1.165) is 0 Å². The van der Waals surface area contributed by atoms with Gasteiger partial charge in [-0.1, -0.05) is 0 Å². The normalized spacial score (nSPS) is 18.0. The Bertz CT molecular complexity index is 519. The molecule has 0 aliphatic heterocycles. The number of aromatic nitrogens is 2. The molecular weight excluding hydrogens is 112 g/mol. The van der Waals surface area contributed by atoms with E-state index in [4.69, 9.17) is 6.85 Å². The molecular formula is C7H6N2. The molecule has 0 unspecified atom stereocenters. The Balaban J connectivity index is 2.99. The summed E-state index contributed by atoms with van der Waals surface area (Å²) >= 11 is 0. The highest BCUT2D eigenvalue weighted by atomic mass is 14.8. The molecule has 0 saturated carbocycles. The van der Waals surface area contributed by atoms with Gasteiger partial charge in [0.25, 0.3) is 0 Å². The summed E-state index contributed by atoms with van der Waals surface area (Å²) in [5.41, 5.74) is 0.158. The lowest BCUT2D eigenvalue weighted by atomic mass is 10.3. The molecule has 0 aliphatic rings. The lowest BCUT2D eigenvalue weighted by Gasteiger charge is -1.82. The average Bonchev–Trinajstić information content (AvgIpc) is 2.39. The molecule has 2 heterocycles. The first-order valence-corrected chi connectivity index (χ1v) is 2.45. The lowest BCUT2D eigenvalue weighted by molar-refractivity contribution is 1.33. The molecule has 0 spiro atoms. The van der Waals surface area contributed by atoms with Gasteiger partial charge in [0, 0.05) is 17.7 Å². The van der Waals surface area contributed by atoms with Crippen LogP contribution in [0.5, 0.6) is 0 Å². The van der Waals surface area contributed by atoms with E-state index < -0.39 is 0 Å². The van der Waals surface area contributed by atoms with E-state index in [2.05, 4.69) is 9.97 Å². The maximum atomic E-state index is 7.51. The number of nitrogens with one attached hydrogen (secondary N) is 1. The Morgan fingerprint density at radius 2 is 2.56 bits per heavy atom. The van der Waals surface area contributed by atoms with Crippen LogP contribution in [0.3, 0.4) is 0 Å². The van der Waals surface area contributed by atoms with E-state index in [1.54, 1.807) is 0 Å². The maximum absolute atomic E-state index is 7.51. The number of fused-ring (bicyclic) bond motifs is 1. The number of hydrogen-bond acceptors (Lipinski definition) is 1. The van der Waals surface area contributed by atoms with Gasteiger partial charge < -0.3 is 4.98 Å². The molecule has 0 aromatic carbocycles. The van der Waals surface area contributed by atoms with Crippen LogP contribution in [0.25, 0.3) is 11.0 Å². The molecule has 1 N–H and O–H groups in total. The van der Waals surface area contributed by atoms with E-state index in [9.17, 15) is 0 Å². The second kappa shape index (κ2) is 1.58. The molecule has 2 aromatic heterocycles. The van der Waals surface area contributed by atoms with Crippen molar-refractivity contribution in [2.24, 2.45) is 0 Å². The highest BCUT2D eigenvalue weighted by Gasteiger charge is 1.88. The zero-order chi connectivity index (χ0) is 10.5. The molecule has 2 heteroatoms. The van der Waals surface area contributed by atoms with Crippen molar-refractivity contribution in [2.45, 2.75) is 0 Å². The molecule has 0 amide bonds. The first kappa shape index (κ1) is 1.84. The number of H-pyrrole nitrogens is 1. The van der Waals surface area contributed by atoms with Crippen molar-refractivity contribution >= 4 is 11.0 Å². The van der Waals surface area contributed by atoms with Crippen molar-refractivity contribution in [3.8, 4) is 0 Å². The Hall–Kier alpha value is -1.31. The van der Waals surface area contributed by atoms with Gasteiger partial charge >= 0.3 is 0 Å². The predicted molar refractivity (Wildman–Crippen MR) is 36.1 cm³/mol. The van der Waals surface area contributed by atoms with Crippen LogP contribution in [0, 0.1) is 0 Å². The van der Waals surface area contributed by atoms with Gasteiger partial charge in [-0.2, -0.15) is 0 Å². The minimum atomic E-state index is -0.316. The predicted octanol–water partition coefficient (Wildman–Crippen LogP) is 1.56. The molecule has 2 nitrogen and oxygen atoms in total. The summed E-state index contributed by atoms with van der Waals surface area (Å²) in [6.45, 7) is 0. The first-order valence-electron chi connectivity index (χ1n) is 4.95. The summed E-state index contributed by atoms with van der Waals surface area (Å²) in [6.07, 6.45) is -0.463. The summed E-state index contributed by atoms with van der Waals surface area (Å²) in [5, 5.41) is 0.135. The standard InChI is InChI=1S/C7H6N2/c1-2-6-3-5-9-7(6)8-4-1/h1-5H,(H,8,9)/i1D,2D,3D,4D,5D. The zero-order valence-electron chi connectivity index (χ0n) is 9.45. The van der Waals surface area contributed by atoms with Crippen molar-refractivity contribution in [2.75, 3.05) is 0 Å². The van der Waals surface area contributed by atoms with Gasteiger partial charge in [-0.3, -0.25) is 0 Å². The van der Waals surface area contributed by atoms with Crippen molar-refractivity contribution in [3.05, 3.63) is 30.5 Å². The molecule has 44 valence electrons. The molecule has 0 saturated heterocycles. The summed E-state index contributed by atoms with van der Waals surface area (Å²) in [7, 11) is 0. The summed E-state index contributed by atoms with van der Waals surface area (Å²) in [4.78, 5) is 6.16. The third-order valence-electron chi connectivity index (χ3n) is 1.02. The number of aromatic amines is 1. The summed E-state index contributed by atoms with van der Waals surface area (Å²) in [6, 6.07) is -0.684. The van der Waals surface area contributed by atoms with E-state index in [-0.39, 0.29) is 41.5 Å². The SMILES string of the molecule is [2H]c1nc2[nH]c([2H])c([2H])c2c([2H])c1[2H]. The maximum Gasteiger partial charge on any atom is 0.137 e. The lowest BCUT2D eigenvalue weighted by Crippen LogP contribution is -1.70. The van der Waals surface area contributed by atoms with Crippen molar-refractivity contribution in [1.29, 1.82) is 0 Å². The van der Waals surface area contributed by atoms with Crippen LogP contribution in [-0.4, -0.2) is 9.97 Å². The molecule has 0 radical (unpaired) electrons. The van der Waals surface area contributed by atoms with Gasteiger partial charge in [-0.25, -0.2) is 4.98 Å². The Morgan fingerprint density at radius 1 is 1.56 bits per heavy atom. The van der Waals surface area contributed by atoms with Gasteiger partial charge in [-0.05, 0) is 18.1 Å². The largest absolute Gasteiger partial charge is 0.346 e. The van der Waals surface area contributed by atoms with Crippen LogP contribution >= 0.6 is 0 Å². The second-order valence-corrected chi connectivity index (χ2v) is 1.57. The number of hydrogen-bond donors (Lipinski definition) is 1. The Morgan fingerprint density at radius 3 is 3.56 bits per heavy atom. The van der Waals surface area contributed by atoms with Crippen LogP contribution < -0.4 is 0 Å². The number of pyridine rings is 1. The highest BCUT2D eigenvalue weighted by Crippen LogP contribution is 2.05. The smallest absolute Gasteiger partial charge is 0.137 e. The Kier molecular flexibility index (Phi) is 0.323. The fourth-order valence-corrected chi connectivity index (χ4v) is 0.623. The van der Waals surface area contributed by atoms with E-state index in [1.807, 2.05) is 0 Å². The molecule has 2 aromatic rings. The van der Waals surface area contributed by atoms with Gasteiger partial charge in [0.2, 0.25) is 0 Å². The molecule has 0 aliphatic carbocycles. The summed E-state index contributed by atoms with van der Waals surface area (Å²) < 4.78 is 36.9. The monoisotopic (exact) mass is 123 g/mol. The van der Waals surface area contributed by atoms with E-state index in [0.29, 0.717) is 0 Å². The molecule has 9 heavy (non-hydrogen) atoms. The minimum Gasteiger partial charge on any atom is -0.346 e. The quantitative estimate of drug-likeness (QED) is 0.565. The topological polar surface area (TPSA) is 28.7 Å². The van der Waals surface area contributed by atoms with Gasteiger partial charge in [0.05, 0.1) is 6.85 Å². The molecule has 2 rings (SSSR count). The minimum absolute atomic E-state index is 0.135. The Labute approximate surface area is 59.6 Å². The van der Waals surface area contributed by atoms with Gasteiger partial charge in [0.15, 0.2) is 0 Å². The summed E-state index contributed by atoms with van der Waals surface area (Å²) in [5.74, 6) is 0. The van der Waals surface area contributed by atoms with Crippen LogP contribution in [-0.2, 0) is 0 Å². The fourth-order valence-electron chi connectivity index (χ4n) is 0.623. The van der Waals surface area contributed by atoms with Crippen LogP contribution in [0.2, 0.25) is 0 Å². The highest BCUT2D eigenvalue weighted by molar-refractivity contribution is 5.74. The van der Waals surface area contributed by atoms with Gasteiger partial charge in [-0.15, -0.1) is 0 Å². The number of nitrogens with zero attached hydrogens (tertiary/aromatic N) is 1. The van der Waals surface area contributed by atoms with Crippen LogP contribution in [0.4, 0.5) is 0 Å². The fraction of sp³-hybridized carbons (Fsp3) is 0. The average molecular weight is 123 g/mol.